The molecule has 0 fully saturated rings. The van der Waals surface area contributed by atoms with E-state index in [1.54, 1.807) is 30.3 Å². The van der Waals surface area contributed by atoms with Gasteiger partial charge in [-0.05, 0) is 17.6 Å². The average Bonchev–Trinajstić information content (AvgIpc) is 2.92. The molecule has 0 aliphatic heterocycles. The van der Waals surface area contributed by atoms with Gasteiger partial charge in [-0.3, -0.25) is 9.59 Å². The molecule has 2 aromatic carbocycles. The molecular weight excluding hydrogens is 258 g/mol. The first kappa shape index (κ1) is 10.6. The molecule has 1 aliphatic carbocycles. The molecule has 1 heterocycles. The van der Waals surface area contributed by atoms with E-state index in [1.165, 1.54) is 11.5 Å². The first-order valence-electron chi connectivity index (χ1n) is 5.83. The second-order valence-corrected chi connectivity index (χ2v) is 5.07. The van der Waals surface area contributed by atoms with Gasteiger partial charge in [-0.15, -0.1) is 0 Å². The van der Waals surface area contributed by atoms with Gasteiger partial charge in [0.1, 0.15) is 0 Å². The van der Waals surface area contributed by atoms with Crippen molar-refractivity contribution in [3.63, 3.8) is 0 Å². The largest absolute Gasteiger partial charge is 0.289 e. The smallest absolute Gasteiger partial charge is 0.196 e. The lowest BCUT2D eigenvalue weighted by Gasteiger charge is -2.17. The predicted molar refractivity (Wildman–Crippen MR) is 72.9 cm³/mol. The van der Waals surface area contributed by atoms with Crippen molar-refractivity contribution in [1.82, 2.24) is 4.37 Å². The summed E-state index contributed by atoms with van der Waals surface area (Å²) in [6.45, 7) is 0. The number of rotatable bonds is 0. The maximum Gasteiger partial charge on any atom is 0.196 e. The minimum absolute atomic E-state index is 0.0971. The highest BCUT2D eigenvalue weighted by Crippen LogP contribution is 2.32. The highest BCUT2D eigenvalue weighted by atomic mass is 32.1. The van der Waals surface area contributed by atoms with Crippen molar-refractivity contribution < 1.29 is 9.59 Å². The first-order valence-corrected chi connectivity index (χ1v) is 6.66. The van der Waals surface area contributed by atoms with Crippen molar-refractivity contribution >= 4 is 34.0 Å². The van der Waals surface area contributed by atoms with Gasteiger partial charge in [0.2, 0.25) is 0 Å². The van der Waals surface area contributed by atoms with Gasteiger partial charge in [0.25, 0.3) is 0 Å². The Morgan fingerprint density at radius 2 is 1.58 bits per heavy atom. The Balaban J connectivity index is 2.14. The number of ketones is 2. The molecule has 19 heavy (non-hydrogen) atoms. The third-order valence-electron chi connectivity index (χ3n) is 3.42. The lowest BCUT2D eigenvalue weighted by atomic mass is 9.83. The Morgan fingerprint density at radius 1 is 0.842 bits per heavy atom. The number of benzene rings is 2. The minimum Gasteiger partial charge on any atom is -0.289 e. The van der Waals surface area contributed by atoms with Crippen LogP contribution in [0, 0.1) is 0 Å². The molecule has 90 valence electrons. The molecule has 1 aliphatic rings. The standard InChI is InChI=1S/C15H7NO2S/c17-14-9-3-1-2-4-10(9)15(18)12-11(14)6-5-8-7-19-16-13(8)12/h1-7H. The van der Waals surface area contributed by atoms with Crippen molar-refractivity contribution in [2.24, 2.45) is 0 Å². The third kappa shape index (κ3) is 1.29. The van der Waals surface area contributed by atoms with Gasteiger partial charge in [-0.25, -0.2) is 0 Å². The molecule has 0 radical (unpaired) electrons. The number of hydrogen-bond donors (Lipinski definition) is 0. The summed E-state index contributed by atoms with van der Waals surface area (Å²) in [5, 5.41) is 2.79. The molecule has 0 unspecified atom stereocenters. The molecular formula is C15H7NO2S. The normalized spacial score (nSPS) is 13.5. The highest BCUT2D eigenvalue weighted by molar-refractivity contribution is 7.04. The summed E-state index contributed by atoms with van der Waals surface area (Å²) in [6.07, 6.45) is 0. The van der Waals surface area contributed by atoms with E-state index in [-0.39, 0.29) is 11.6 Å². The molecule has 0 amide bonds. The van der Waals surface area contributed by atoms with Crippen LogP contribution in [-0.2, 0) is 0 Å². The Kier molecular flexibility index (Phi) is 2.00. The van der Waals surface area contributed by atoms with Gasteiger partial charge in [0.05, 0.1) is 11.1 Å². The Hall–Kier alpha value is -2.33. The summed E-state index contributed by atoms with van der Waals surface area (Å²) in [5.74, 6) is -0.207. The van der Waals surface area contributed by atoms with Crippen LogP contribution in [0.25, 0.3) is 10.9 Å². The molecule has 3 nitrogen and oxygen atoms in total. The van der Waals surface area contributed by atoms with Gasteiger partial charge in [-0.2, -0.15) is 4.37 Å². The highest BCUT2D eigenvalue weighted by Gasteiger charge is 2.31. The van der Waals surface area contributed by atoms with Crippen molar-refractivity contribution in [2.75, 3.05) is 0 Å². The number of aromatic nitrogens is 1. The molecule has 0 spiro atoms. The molecule has 0 atom stereocenters. The summed E-state index contributed by atoms with van der Waals surface area (Å²) < 4.78 is 4.26. The molecule has 4 rings (SSSR count). The van der Waals surface area contributed by atoms with Crippen LogP contribution in [-0.4, -0.2) is 15.9 Å². The summed E-state index contributed by atoms with van der Waals surface area (Å²) in [5.41, 5.74) is 2.50. The zero-order valence-corrected chi connectivity index (χ0v) is 10.5. The van der Waals surface area contributed by atoms with Gasteiger partial charge >= 0.3 is 0 Å². The monoisotopic (exact) mass is 265 g/mol. The molecule has 1 aromatic heterocycles. The topological polar surface area (TPSA) is 47.0 Å². The number of hydrogen-bond acceptors (Lipinski definition) is 4. The van der Waals surface area contributed by atoms with Gasteiger partial charge < -0.3 is 0 Å². The quantitative estimate of drug-likeness (QED) is 0.491. The first-order chi connectivity index (χ1) is 9.27. The zero-order valence-electron chi connectivity index (χ0n) is 9.71. The van der Waals surface area contributed by atoms with E-state index >= 15 is 0 Å². The number of fused-ring (bicyclic) bond motifs is 4. The van der Waals surface area contributed by atoms with Crippen LogP contribution in [0.5, 0.6) is 0 Å². The van der Waals surface area contributed by atoms with Crippen LogP contribution in [0.4, 0.5) is 0 Å². The fourth-order valence-corrected chi connectivity index (χ4v) is 3.17. The fraction of sp³-hybridized carbons (Fsp3) is 0. The zero-order chi connectivity index (χ0) is 13.0. The molecule has 0 saturated carbocycles. The molecule has 3 aromatic rings. The number of carbonyl (C=O) groups excluding carboxylic acids is 2. The predicted octanol–water partition coefficient (Wildman–Crippen LogP) is 3.07. The van der Waals surface area contributed by atoms with Crippen LogP contribution >= 0.6 is 11.5 Å². The number of nitrogens with zero attached hydrogens (tertiary/aromatic N) is 1. The minimum atomic E-state index is -0.110. The van der Waals surface area contributed by atoms with Crippen LogP contribution in [0.1, 0.15) is 31.8 Å². The summed E-state index contributed by atoms with van der Waals surface area (Å²) >= 11 is 1.30. The fourth-order valence-electron chi connectivity index (χ4n) is 2.51. The van der Waals surface area contributed by atoms with Gasteiger partial charge in [-0.1, -0.05) is 30.3 Å². The van der Waals surface area contributed by atoms with E-state index in [2.05, 4.69) is 4.37 Å². The van der Waals surface area contributed by atoms with Gasteiger partial charge in [0, 0.05) is 27.5 Å². The van der Waals surface area contributed by atoms with Crippen molar-refractivity contribution in [2.45, 2.75) is 0 Å². The molecule has 4 heteroatoms. The van der Waals surface area contributed by atoms with Gasteiger partial charge in [0.15, 0.2) is 11.6 Å². The summed E-state index contributed by atoms with van der Waals surface area (Å²) in [7, 11) is 0. The molecule has 0 bridgehead atoms. The summed E-state index contributed by atoms with van der Waals surface area (Å²) in [6, 6.07) is 10.5. The molecule has 0 saturated heterocycles. The van der Waals surface area contributed by atoms with Crippen LogP contribution < -0.4 is 0 Å². The van der Waals surface area contributed by atoms with E-state index in [0.29, 0.717) is 27.8 Å². The Labute approximate surface area is 112 Å². The Morgan fingerprint density at radius 3 is 2.37 bits per heavy atom. The lowest BCUT2D eigenvalue weighted by molar-refractivity contribution is 0.0980. The third-order valence-corrected chi connectivity index (χ3v) is 4.07. The van der Waals surface area contributed by atoms with E-state index < -0.39 is 0 Å². The maximum atomic E-state index is 12.6. The van der Waals surface area contributed by atoms with Crippen LogP contribution in [0.2, 0.25) is 0 Å². The lowest BCUT2D eigenvalue weighted by Crippen LogP contribution is -2.21. The van der Waals surface area contributed by atoms with E-state index in [9.17, 15) is 9.59 Å². The van der Waals surface area contributed by atoms with E-state index in [1.807, 2.05) is 11.4 Å². The van der Waals surface area contributed by atoms with E-state index in [4.69, 9.17) is 0 Å². The second-order valence-electron chi connectivity index (χ2n) is 4.44. The van der Waals surface area contributed by atoms with Crippen molar-refractivity contribution in [1.29, 1.82) is 0 Å². The Bertz CT molecular complexity index is 863. The van der Waals surface area contributed by atoms with Crippen LogP contribution in [0.3, 0.4) is 0 Å². The number of carbonyl (C=O) groups is 2. The van der Waals surface area contributed by atoms with E-state index in [0.717, 1.165) is 5.39 Å². The molecule has 0 N–H and O–H groups in total. The maximum absolute atomic E-state index is 12.6. The summed E-state index contributed by atoms with van der Waals surface area (Å²) in [4.78, 5) is 25.0. The SMILES string of the molecule is O=C1c2ccccc2C(=O)c2c1ccc1csnc21. The second kappa shape index (κ2) is 3.59. The van der Waals surface area contributed by atoms with Crippen LogP contribution in [0.15, 0.2) is 41.8 Å². The average molecular weight is 265 g/mol. The van der Waals surface area contributed by atoms with Crippen molar-refractivity contribution in [3.8, 4) is 0 Å². The van der Waals surface area contributed by atoms with Crippen molar-refractivity contribution in [3.05, 3.63) is 64.0 Å².